The van der Waals surface area contributed by atoms with Crippen LogP contribution in [0.15, 0.2) is 12.1 Å². The summed E-state index contributed by atoms with van der Waals surface area (Å²) in [5, 5.41) is -0.546. The van der Waals surface area contributed by atoms with Gasteiger partial charge in [0.2, 0.25) is 0 Å². The number of hydrogen-bond donors (Lipinski definition) is 0. The highest BCUT2D eigenvalue weighted by molar-refractivity contribution is 6.40. The number of rotatable bonds is 0. The van der Waals surface area contributed by atoms with Crippen LogP contribution in [-0.2, 0) is 6.18 Å². The van der Waals surface area contributed by atoms with E-state index in [1.54, 1.807) is 0 Å². The van der Waals surface area contributed by atoms with Crippen LogP contribution in [0, 0.1) is 5.82 Å². The van der Waals surface area contributed by atoms with Crippen LogP contribution in [0.5, 0.6) is 0 Å². The second-order valence-electron chi connectivity index (χ2n) is 3.10. The second-order valence-corrected chi connectivity index (χ2v) is 3.81. The SMILES string of the molecule is Fc1c(C(F)(F)F)ccc2nc(Cl)c(Cl)nc12. The topological polar surface area (TPSA) is 25.8 Å². The molecule has 0 aliphatic heterocycles. The summed E-state index contributed by atoms with van der Waals surface area (Å²) in [4.78, 5) is 7.07. The van der Waals surface area contributed by atoms with E-state index in [2.05, 4.69) is 9.97 Å². The Bertz CT molecular complexity index is 598. The van der Waals surface area contributed by atoms with Crippen LogP contribution in [-0.4, -0.2) is 9.97 Å². The van der Waals surface area contributed by atoms with E-state index in [1.165, 1.54) is 0 Å². The second kappa shape index (κ2) is 3.96. The van der Waals surface area contributed by atoms with Crippen LogP contribution < -0.4 is 0 Å². The molecule has 0 bridgehead atoms. The van der Waals surface area contributed by atoms with Gasteiger partial charge < -0.3 is 0 Å². The van der Waals surface area contributed by atoms with Crippen molar-refractivity contribution in [3.8, 4) is 0 Å². The summed E-state index contributed by atoms with van der Waals surface area (Å²) >= 11 is 11.0. The first-order chi connectivity index (χ1) is 7.80. The van der Waals surface area contributed by atoms with Gasteiger partial charge in [-0.05, 0) is 12.1 Å². The van der Waals surface area contributed by atoms with Gasteiger partial charge >= 0.3 is 6.18 Å². The summed E-state index contributed by atoms with van der Waals surface area (Å²) in [7, 11) is 0. The molecule has 0 saturated carbocycles. The first kappa shape index (κ1) is 12.3. The Morgan fingerprint density at radius 3 is 2.18 bits per heavy atom. The van der Waals surface area contributed by atoms with Crippen molar-refractivity contribution in [2.24, 2.45) is 0 Å². The van der Waals surface area contributed by atoms with Gasteiger partial charge in [0.05, 0.1) is 11.1 Å². The standard InChI is InChI=1S/C9H2Cl2F4N2/c10-7-8(11)17-6-4(16-7)2-1-3(5(6)12)9(13,14)15/h1-2H. The quantitative estimate of drug-likeness (QED) is 0.681. The van der Waals surface area contributed by atoms with Gasteiger partial charge in [0.1, 0.15) is 5.52 Å². The van der Waals surface area contributed by atoms with Gasteiger partial charge in [-0.1, -0.05) is 23.2 Å². The molecule has 0 aliphatic rings. The maximum Gasteiger partial charge on any atom is 0.419 e. The van der Waals surface area contributed by atoms with Crippen LogP contribution >= 0.6 is 23.2 Å². The Labute approximate surface area is 102 Å². The minimum absolute atomic E-state index is 0.0927. The monoisotopic (exact) mass is 284 g/mol. The predicted octanol–water partition coefficient (Wildman–Crippen LogP) is 4.09. The summed E-state index contributed by atoms with van der Waals surface area (Å²) in [6.07, 6.45) is -4.80. The van der Waals surface area contributed by atoms with Crippen LogP contribution in [0.1, 0.15) is 5.56 Å². The molecule has 0 fully saturated rings. The van der Waals surface area contributed by atoms with Crippen molar-refractivity contribution in [1.82, 2.24) is 9.97 Å². The summed E-state index contributed by atoms with van der Waals surface area (Å²) in [5.41, 5.74) is -2.07. The smallest absolute Gasteiger partial charge is 0.231 e. The molecule has 0 N–H and O–H groups in total. The van der Waals surface area contributed by atoms with Gasteiger partial charge in [-0.15, -0.1) is 0 Å². The van der Waals surface area contributed by atoms with Crippen LogP contribution in [0.2, 0.25) is 10.3 Å². The van der Waals surface area contributed by atoms with Crippen molar-refractivity contribution in [3.63, 3.8) is 0 Å². The van der Waals surface area contributed by atoms with Crippen molar-refractivity contribution in [3.05, 3.63) is 33.8 Å². The lowest BCUT2D eigenvalue weighted by Crippen LogP contribution is -2.09. The summed E-state index contributed by atoms with van der Waals surface area (Å²) < 4.78 is 50.8. The van der Waals surface area contributed by atoms with Crippen molar-refractivity contribution in [2.45, 2.75) is 6.18 Å². The molecular formula is C9H2Cl2F4N2. The van der Waals surface area contributed by atoms with Crippen LogP contribution in [0.25, 0.3) is 11.0 Å². The molecule has 0 unspecified atom stereocenters. The van der Waals surface area contributed by atoms with Gasteiger partial charge in [0.25, 0.3) is 0 Å². The number of hydrogen-bond acceptors (Lipinski definition) is 2. The molecule has 0 radical (unpaired) electrons. The van der Waals surface area contributed by atoms with Gasteiger partial charge in [0.15, 0.2) is 16.1 Å². The van der Waals surface area contributed by atoms with Crippen molar-refractivity contribution < 1.29 is 17.6 Å². The lowest BCUT2D eigenvalue weighted by molar-refractivity contribution is -0.139. The van der Waals surface area contributed by atoms with Crippen LogP contribution in [0.4, 0.5) is 17.6 Å². The van der Waals surface area contributed by atoms with E-state index in [0.29, 0.717) is 6.07 Å². The fraction of sp³-hybridized carbons (Fsp3) is 0.111. The van der Waals surface area contributed by atoms with Crippen LogP contribution in [0.3, 0.4) is 0 Å². The summed E-state index contributed by atoms with van der Waals surface area (Å²) in [6.45, 7) is 0. The van der Waals surface area contributed by atoms with E-state index >= 15 is 0 Å². The Morgan fingerprint density at radius 1 is 1.00 bits per heavy atom. The highest BCUT2D eigenvalue weighted by atomic mass is 35.5. The zero-order chi connectivity index (χ0) is 12.8. The van der Waals surface area contributed by atoms with Crippen molar-refractivity contribution in [2.75, 3.05) is 0 Å². The van der Waals surface area contributed by atoms with E-state index in [0.717, 1.165) is 6.07 Å². The van der Waals surface area contributed by atoms with E-state index in [9.17, 15) is 17.6 Å². The normalized spacial score (nSPS) is 12.1. The molecule has 90 valence electrons. The first-order valence-electron chi connectivity index (χ1n) is 4.19. The molecule has 0 atom stereocenters. The number of benzene rings is 1. The van der Waals surface area contributed by atoms with E-state index < -0.39 is 23.1 Å². The first-order valence-corrected chi connectivity index (χ1v) is 4.94. The fourth-order valence-electron chi connectivity index (χ4n) is 1.27. The van der Waals surface area contributed by atoms with E-state index in [1.807, 2.05) is 0 Å². The average Bonchev–Trinajstić information content (AvgIpc) is 2.19. The lowest BCUT2D eigenvalue weighted by Gasteiger charge is -2.09. The van der Waals surface area contributed by atoms with Gasteiger partial charge in [-0.2, -0.15) is 13.2 Å². The Morgan fingerprint density at radius 2 is 1.59 bits per heavy atom. The molecule has 0 aliphatic carbocycles. The molecule has 0 saturated heterocycles. The molecule has 1 heterocycles. The predicted molar refractivity (Wildman–Crippen MR) is 54.5 cm³/mol. The van der Waals surface area contributed by atoms with Gasteiger partial charge in [-0.3, -0.25) is 0 Å². The van der Waals surface area contributed by atoms with E-state index in [-0.39, 0.29) is 15.8 Å². The fourth-order valence-corrected chi connectivity index (χ4v) is 1.53. The minimum Gasteiger partial charge on any atom is -0.231 e. The van der Waals surface area contributed by atoms with Crippen molar-refractivity contribution >= 4 is 34.2 Å². The highest BCUT2D eigenvalue weighted by Crippen LogP contribution is 2.34. The van der Waals surface area contributed by atoms with Gasteiger partial charge in [-0.25, -0.2) is 14.4 Å². The number of nitrogens with zero attached hydrogens (tertiary/aromatic N) is 2. The molecule has 8 heteroatoms. The summed E-state index contributed by atoms with van der Waals surface area (Å²) in [6, 6.07) is 1.56. The Hall–Kier alpha value is -1.14. The largest absolute Gasteiger partial charge is 0.419 e. The maximum absolute atomic E-state index is 13.6. The molecule has 0 spiro atoms. The molecule has 17 heavy (non-hydrogen) atoms. The van der Waals surface area contributed by atoms with Crippen molar-refractivity contribution in [1.29, 1.82) is 0 Å². The molecule has 2 rings (SSSR count). The zero-order valence-corrected chi connectivity index (χ0v) is 9.33. The van der Waals surface area contributed by atoms with E-state index in [4.69, 9.17) is 23.2 Å². The Kier molecular flexibility index (Phi) is 2.87. The molecule has 2 nitrogen and oxygen atoms in total. The molecular weight excluding hydrogens is 283 g/mol. The average molecular weight is 285 g/mol. The number of aromatic nitrogens is 2. The third kappa shape index (κ3) is 2.14. The third-order valence-electron chi connectivity index (χ3n) is 2.00. The summed E-state index contributed by atoms with van der Waals surface area (Å²) in [5.74, 6) is -1.51. The number of fused-ring (bicyclic) bond motifs is 1. The maximum atomic E-state index is 13.6. The highest BCUT2D eigenvalue weighted by Gasteiger charge is 2.35. The molecule has 0 amide bonds. The third-order valence-corrected chi connectivity index (χ3v) is 2.62. The Balaban J connectivity index is 2.80. The van der Waals surface area contributed by atoms with Gasteiger partial charge in [0, 0.05) is 0 Å². The zero-order valence-electron chi connectivity index (χ0n) is 7.82. The molecule has 1 aromatic carbocycles. The minimum atomic E-state index is -4.80. The number of alkyl halides is 3. The number of halogens is 6. The lowest BCUT2D eigenvalue weighted by atomic mass is 10.1. The molecule has 2 aromatic rings. The molecule has 1 aromatic heterocycles.